The fourth-order valence-corrected chi connectivity index (χ4v) is 1.52. The number of hydrogen-bond acceptors (Lipinski definition) is 4. The van der Waals surface area contributed by atoms with Gasteiger partial charge >= 0.3 is 0 Å². The molecule has 0 saturated heterocycles. The van der Waals surface area contributed by atoms with Crippen molar-refractivity contribution in [2.24, 2.45) is 0 Å². The van der Waals surface area contributed by atoms with Crippen LogP contribution in [0.5, 0.6) is 0 Å². The van der Waals surface area contributed by atoms with Crippen LogP contribution in [0.1, 0.15) is 5.56 Å². The van der Waals surface area contributed by atoms with Gasteiger partial charge in [0.05, 0.1) is 5.69 Å². The molecule has 2 aromatic rings. The van der Waals surface area contributed by atoms with E-state index in [1.165, 1.54) is 6.92 Å². The normalized spacial score (nSPS) is 10.7. The van der Waals surface area contributed by atoms with E-state index in [0.717, 1.165) is 0 Å². The SMILES string of the molecule is Cc1c(N)nc(N)nc1-c1cc(F)c(F)cc1F. The average molecular weight is 254 g/mol. The van der Waals surface area contributed by atoms with Crippen molar-refractivity contribution in [3.63, 3.8) is 0 Å². The van der Waals surface area contributed by atoms with Crippen LogP contribution < -0.4 is 11.5 Å². The Labute approximate surface area is 100 Å². The summed E-state index contributed by atoms with van der Waals surface area (Å²) in [6.45, 7) is 1.53. The van der Waals surface area contributed by atoms with Gasteiger partial charge in [-0.05, 0) is 13.0 Å². The molecule has 4 nitrogen and oxygen atoms in total. The predicted octanol–water partition coefficient (Wildman–Crippen LogP) is 2.03. The fourth-order valence-electron chi connectivity index (χ4n) is 1.52. The summed E-state index contributed by atoms with van der Waals surface area (Å²) < 4.78 is 39.6. The maximum Gasteiger partial charge on any atom is 0.222 e. The van der Waals surface area contributed by atoms with Gasteiger partial charge < -0.3 is 11.5 Å². The van der Waals surface area contributed by atoms with Gasteiger partial charge in [-0.3, -0.25) is 0 Å². The van der Waals surface area contributed by atoms with Crippen LogP contribution in [0, 0.1) is 24.4 Å². The summed E-state index contributed by atoms with van der Waals surface area (Å²) in [5.41, 5.74) is 11.1. The smallest absolute Gasteiger partial charge is 0.222 e. The van der Waals surface area contributed by atoms with Gasteiger partial charge in [-0.25, -0.2) is 18.2 Å². The van der Waals surface area contributed by atoms with E-state index in [2.05, 4.69) is 9.97 Å². The number of nitrogens with two attached hydrogens (primary N) is 2. The lowest BCUT2D eigenvalue weighted by Crippen LogP contribution is -2.05. The number of anilines is 2. The van der Waals surface area contributed by atoms with Gasteiger partial charge in [0.25, 0.3) is 0 Å². The number of benzene rings is 1. The molecular weight excluding hydrogens is 245 g/mol. The molecule has 0 aliphatic carbocycles. The molecule has 1 heterocycles. The molecule has 0 fully saturated rings. The Morgan fingerprint density at radius 3 is 2.22 bits per heavy atom. The van der Waals surface area contributed by atoms with Crippen molar-refractivity contribution in [3.05, 3.63) is 35.1 Å². The number of rotatable bonds is 1. The topological polar surface area (TPSA) is 77.8 Å². The first kappa shape index (κ1) is 12.2. The molecule has 0 unspecified atom stereocenters. The van der Waals surface area contributed by atoms with E-state index in [4.69, 9.17) is 11.5 Å². The number of nitrogens with zero attached hydrogens (tertiary/aromatic N) is 2. The third-order valence-electron chi connectivity index (χ3n) is 2.47. The van der Waals surface area contributed by atoms with Gasteiger partial charge in [0, 0.05) is 17.2 Å². The van der Waals surface area contributed by atoms with Gasteiger partial charge in [-0.2, -0.15) is 4.98 Å². The van der Waals surface area contributed by atoms with Gasteiger partial charge in [0.15, 0.2) is 11.6 Å². The molecule has 0 amide bonds. The van der Waals surface area contributed by atoms with E-state index >= 15 is 0 Å². The van der Waals surface area contributed by atoms with Crippen molar-refractivity contribution < 1.29 is 13.2 Å². The zero-order valence-corrected chi connectivity index (χ0v) is 9.34. The van der Waals surface area contributed by atoms with E-state index in [9.17, 15) is 13.2 Å². The maximum absolute atomic E-state index is 13.6. The predicted molar refractivity (Wildman–Crippen MR) is 60.9 cm³/mol. The van der Waals surface area contributed by atoms with Crippen molar-refractivity contribution in [3.8, 4) is 11.3 Å². The van der Waals surface area contributed by atoms with E-state index < -0.39 is 17.5 Å². The minimum absolute atomic E-state index is 0.0383. The molecule has 0 atom stereocenters. The van der Waals surface area contributed by atoms with Crippen molar-refractivity contribution in [2.75, 3.05) is 11.5 Å². The second kappa shape index (κ2) is 4.17. The number of aromatic nitrogens is 2. The number of halogens is 3. The van der Waals surface area contributed by atoms with E-state index in [-0.39, 0.29) is 23.0 Å². The van der Waals surface area contributed by atoms with E-state index in [1.54, 1.807) is 0 Å². The van der Waals surface area contributed by atoms with Crippen molar-refractivity contribution in [1.29, 1.82) is 0 Å². The summed E-state index contributed by atoms with van der Waals surface area (Å²) in [6, 6.07) is 1.15. The first-order valence-electron chi connectivity index (χ1n) is 4.94. The Morgan fingerprint density at radius 1 is 0.944 bits per heavy atom. The molecule has 0 saturated carbocycles. The number of nitrogen functional groups attached to an aromatic ring is 2. The molecule has 2 rings (SSSR count). The van der Waals surface area contributed by atoms with Crippen molar-refractivity contribution >= 4 is 11.8 Å². The van der Waals surface area contributed by atoms with Crippen LogP contribution in [-0.2, 0) is 0 Å². The minimum atomic E-state index is -1.27. The van der Waals surface area contributed by atoms with E-state index in [0.29, 0.717) is 17.7 Å². The molecule has 18 heavy (non-hydrogen) atoms. The first-order chi connectivity index (χ1) is 8.40. The molecule has 0 bridgehead atoms. The van der Waals surface area contributed by atoms with Crippen LogP contribution in [-0.4, -0.2) is 9.97 Å². The largest absolute Gasteiger partial charge is 0.383 e. The fraction of sp³-hybridized carbons (Fsp3) is 0.0909. The van der Waals surface area contributed by atoms with Crippen molar-refractivity contribution in [1.82, 2.24) is 9.97 Å². The van der Waals surface area contributed by atoms with Crippen LogP contribution in [0.3, 0.4) is 0 Å². The first-order valence-corrected chi connectivity index (χ1v) is 4.94. The lowest BCUT2D eigenvalue weighted by molar-refractivity contribution is 0.496. The van der Waals surface area contributed by atoms with Crippen LogP contribution >= 0.6 is 0 Å². The van der Waals surface area contributed by atoms with E-state index in [1.807, 2.05) is 0 Å². The highest BCUT2D eigenvalue weighted by Gasteiger charge is 2.16. The Balaban J connectivity index is 2.73. The summed E-state index contributed by atoms with van der Waals surface area (Å²) in [6.07, 6.45) is 0. The summed E-state index contributed by atoms with van der Waals surface area (Å²) in [5.74, 6) is -3.51. The van der Waals surface area contributed by atoms with Gasteiger partial charge in [0.1, 0.15) is 11.6 Å². The lowest BCUT2D eigenvalue weighted by Gasteiger charge is -2.09. The molecule has 0 radical (unpaired) electrons. The summed E-state index contributed by atoms with van der Waals surface area (Å²) >= 11 is 0. The standard InChI is InChI=1S/C11H9F3N4/c1-4-9(17-11(16)18-10(4)15)5-2-7(13)8(14)3-6(5)12/h2-3H,1H3,(H4,15,16,17,18). The van der Waals surface area contributed by atoms with Gasteiger partial charge in [-0.1, -0.05) is 0 Å². The molecule has 7 heteroatoms. The maximum atomic E-state index is 13.6. The molecular formula is C11H9F3N4. The molecule has 1 aromatic heterocycles. The second-order valence-electron chi connectivity index (χ2n) is 3.69. The Morgan fingerprint density at radius 2 is 1.56 bits per heavy atom. The third-order valence-corrected chi connectivity index (χ3v) is 2.47. The van der Waals surface area contributed by atoms with Crippen LogP contribution in [0.25, 0.3) is 11.3 Å². The Bertz CT molecular complexity index is 628. The third kappa shape index (κ3) is 1.94. The van der Waals surface area contributed by atoms with Crippen LogP contribution in [0.15, 0.2) is 12.1 Å². The molecule has 94 valence electrons. The summed E-state index contributed by atoms with van der Waals surface area (Å²) in [7, 11) is 0. The Kier molecular flexibility index (Phi) is 2.82. The monoisotopic (exact) mass is 254 g/mol. The molecule has 0 spiro atoms. The minimum Gasteiger partial charge on any atom is -0.383 e. The highest BCUT2D eigenvalue weighted by molar-refractivity contribution is 5.69. The molecule has 0 aliphatic heterocycles. The summed E-state index contributed by atoms with van der Waals surface area (Å²) in [5, 5.41) is 0. The van der Waals surface area contributed by atoms with Crippen LogP contribution in [0.2, 0.25) is 0 Å². The zero-order chi connectivity index (χ0) is 13.4. The van der Waals surface area contributed by atoms with Gasteiger partial charge in [-0.15, -0.1) is 0 Å². The number of hydrogen-bond donors (Lipinski definition) is 2. The summed E-state index contributed by atoms with van der Waals surface area (Å²) in [4.78, 5) is 7.48. The highest BCUT2D eigenvalue weighted by Crippen LogP contribution is 2.28. The quantitative estimate of drug-likeness (QED) is 0.763. The van der Waals surface area contributed by atoms with Crippen molar-refractivity contribution in [2.45, 2.75) is 6.92 Å². The lowest BCUT2D eigenvalue weighted by atomic mass is 10.1. The Hall–Kier alpha value is -2.31. The van der Waals surface area contributed by atoms with Crippen LogP contribution in [0.4, 0.5) is 24.9 Å². The highest BCUT2D eigenvalue weighted by atomic mass is 19.2. The average Bonchev–Trinajstić information content (AvgIpc) is 2.29. The molecule has 4 N–H and O–H groups in total. The second-order valence-corrected chi connectivity index (χ2v) is 3.69. The zero-order valence-electron chi connectivity index (χ0n) is 9.34. The van der Waals surface area contributed by atoms with Gasteiger partial charge in [0.2, 0.25) is 5.95 Å². The molecule has 1 aromatic carbocycles. The molecule has 0 aliphatic rings.